The number of amides is 1. The van der Waals surface area contributed by atoms with Gasteiger partial charge in [0.25, 0.3) is 10.0 Å². The second kappa shape index (κ2) is 10.5. The van der Waals surface area contributed by atoms with E-state index in [2.05, 4.69) is 0 Å². The molecule has 0 bridgehead atoms. The number of methoxy groups -OCH3 is 1. The van der Waals surface area contributed by atoms with Gasteiger partial charge in [-0.3, -0.25) is 13.9 Å². The smallest absolute Gasteiger partial charge is 0.308 e. The molecule has 1 amide bonds. The Morgan fingerprint density at radius 3 is 2.22 bits per heavy atom. The molecular weight excluding hydrogens is 432 g/mol. The molecule has 172 valence electrons. The van der Waals surface area contributed by atoms with Gasteiger partial charge in [0.05, 0.1) is 30.2 Å². The fourth-order valence-electron chi connectivity index (χ4n) is 3.66. The van der Waals surface area contributed by atoms with E-state index < -0.39 is 10.0 Å². The molecule has 0 aliphatic carbocycles. The summed E-state index contributed by atoms with van der Waals surface area (Å²) in [4.78, 5) is 26.5. The molecule has 0 atom stereocenters. The molecule has 2 aromatic rings. The summed E-state index contributed by atoms with van der Waals surface area (Å²) < 4.78 is 38.2. The average molecular weight is 461 g/mol. The van der Waals surface area contributed by atoms with Gasteiger partial charge in [-0.2, -0.15) is 0 Å². The number of carbonyl (C=O) groups excluding carboxylic acids is 2. The Hall–Kier alpha value is -3.07. The van der Waals surface area contributed by atoms with Crippen LogP contribution in [0.1, 0.15) is 19.8 Å². The van der Waals surface area contributed by atoms with Crippen LogP contribution in [0, 0.1) is 5.92 Å². The first-order chi connectivity index (χ1) is 15.4. The third-order valence-corrected chi connectivity index (χ3v) is 7.22. The zero-order valence-corrected chi connectivity index (χ0v) is 19.1. The number of anilines is 1. The summed E-state index contributed by atoms with van der Waals surface area (Å²) >= 11 is 0. The van der Waals surface area contributed by atoms with Gasteiger partial charge in [-0.1, -0.05) is 18.2 Å². The highest BCUT2D eigenvalue weighted by Crippen LogP contribution is 2.27. The highest BCUT2D eigenvalue weighted by Gasteiger charge is 2.32. The molecule has 1 aliphatic rings. The zero-order chi connectivity index (χ0) is 23.1. The topological polar surface area (TPSA) is 93.2 Å². The Balaban J connectivity index is 1.83. The minimum Gasteiger partial charge on any atom is -0.494 e. The minimum atomic E-state index is -3.97. The predicted octanol–water partition coefficient (Wildman–Crippen LogP) is 2.69. The number of likely N-dealkylation sites (tertiary alicyclic amines) is 1. The molecule has 9 heteroatoms. The van der Waals surface area contributed by atoms with E-state index >= 15 is 0 Å². The standard InChI is InChI=1S/C23H28N2O6S/c1-3-31-20-11-9-19(10-12-20)25(32(28,29)21-7-5-4-6-8-21)17-22(26)24-15-13-18(14-16-24)23(27)30-2/h4-12,18H,3,13-17H2,1-2H3. The van der Waals surface area contributed by atoms with E-state index in [0.717, 1.165) is 4.31 Å². The molecule has 0 radical (unpaired) electrons. The number of hydrogen-bond donors (Lipinski definition) is 0. The van der Waals surface area contributed by atoms with E-state index in [1.165, 1.54) is 19.2 Å². The summed E-state index contributed by atoms with van der Waals surface area (Å²) in [7, 11) is -2.62. The first-order valence-electron chi connectivity index (χ1n) is 10.5. The zero-order valence-electron chi connectivity index (χ0n) is 18.3. The Morgan fingerprint density at radius 2 is 1.66 bits per heavy atom. The van der Waals surface area contributed by atoms with Crippen molar-refractivity contribution in [3.05, 3.63) is 54.6 Å². The lowest BCUT2D eigenvalue weighted by Crippen LogP contribution is -2.46. The first-order valence-corrected chi connectivity index (χ1v) is 12.0. The van der Waals surface area contributed by atoms with Crippen LogP contribution >= 0.6 is 0 Å². The molecule has 1 saturated heterocycles. The van der Waals surface area contributed by atoms with E-state index in [4.69, 9.17) is 9.47 Å². The maximum absolute atomic E-state index is 13.4. The van der Waals surface area contributed by atoms with E-state index in [1.807, 2.05) is 6.92 Å². The largest absolute Gasteiger partial charge is 0.494 e. The van der Waals surface area contributed by atoms with Crippen molar-refractivity contribution in [3.63, 3.8) is 0 Å². The van der Waals surface area contributed by atoms with Crippen molar-refractivity contribution in [1.29, 1.82) is 0 Å². The van der Waals surface area contributed by atoms with Crippen LogP contribution in [-0.2, 0) is 24.3 Å². The lowest BCUT2D eigenvalue weighted by molar-refractivity contribution is -0.148. The molecule has 1 fully saturated rings. The Kier molecular flexibility index (Phi) is 7.74. The van der Waals surface area contributed by atoms with E-state index in [0.29, 0.717) is 44.0 Å². The molecule has 8 nitrogen and oxygen atoms in total. The highest BCUT2D eigenvalue weighted by atomic mass is 32.2. The SMILES string of the molecule is CCOc1ccc(N(CC(=O)N2CCC(C(=O)OC)CC2)S(=O)(=O)c2ccccc2)cc1. The number of rotatable bonds is 8. The van der Waals surface area contributed by atoms with Crippen molar-refractivity contribution in [2.75, 3.05) is 37.7 Å². The lowest BCUT2D eigenvalue weighted by Gasteiger charge is -2.33. The maximum atomic E-state index is 13.4. The summed E-state index contributed by atoms with van der Waals surface area (Å²) in [6, 6.07) is 14.6. The molecule has 32 heavy (non-hydrogen) atoms. The van der Waals surface area contributed by atoms with Gasteiger partial charge in [0.2, 0.25) is 5.91 Å². The second-order valence-corrected chi connectivity index (χ2v) is 9.29. The van der Waals surface area contributed by atoms with E-state index in [9.17, 15) is 18.0 Å². The van der Waals surface area contributed by atoms with Crippen molar-refractivity contribution >= 4 is 27.6 Å². The lowest BCUT2D eigenvalue weighted by atomic mass is 9.97. The van der Waals surface area contributed by atoms with E-state index in [-0.39, 0.29) is 29.2 Å². The summed E-state index contributed by atoms with van der Waals surface area (Å²) in [6.07, 6.45) is 0.986. The van der Waals surface area contributed by atoms with Crippen LogP contribution in [0.2, 0.25) is 0 Å². The Bertz CT molecular complexity index is 1020. The van der Waals surface area contributed by atoms with Gasteiger partial charge in [-0.25, -0.2) is 8.42 Å². The van der Waals surface area contributed by atoms with Crippen molar-refractivity contribution < 1.29 is 27.5 Å². The molecule has 0 N–H and O–H groups in total. The van der Waals surface area contributed by atoms with Gasteiger partial charge < -0.3 is 14.4 Å². The molecule has 2 aromatic carbocycles. The van der Waals surface area contributed by atoms with Gasteiger partial charge in [-0.05, 0) is 56.2 Å². The van der Waals surface area contributed by atoms with Crippen LogP contribution in [0.4, 0.5) is 5.69 Å². The quantitative estimate of drug-likeness (QED) is 0.563. The van der Waals surface area contributed by atoms with Crippen LogP contribution < -0.4 is 9.04 Å². The fourth-order valence-corrected chi connectivity index (χ4v) is 5.10. The Labute approximate surface area is 188 Å². The fraction of sp³-hybridized carbons (Fsp3) is 0.391. The van der Waals surface area contributed by atoms with Crippen LogP contribution in [-0.4, -0.2) is 58.5 Å². The number of esters is 1. The summed E-state index contributed by atoms with van der Waals surface area (Å²) in [6.45, 7) is 2.77. The summed E-state index contributed by atoms with van der Waals surface area (Å²) in [5, 5.41) is 0. The van der Waals surface area contributed by atoms with Gasteiger partial charge in [-0.15, -0.1) is 0 Å². The number of hydrogen-bond acceptors (Lipinski definition) is 6. The summed E-state index contributed by atoms with van der Waals surface area (Å²) in [5.74, 6) is -0.217. The average Bonchev–Trinajstić information content (AvgIpc) is 2.83. The number of carbonyl (C=O) groups is 2. The molecule has 0 aromatic heterocycles. The number of ether oxygens (including phenoxy) is 2. The predicted molar refractivity (Wildman–Crippen MR) is 120 cm³/mol. The van der Waals surface area contributed by atoms with Crippen molar-refractivity contribution in [2.24, 2.45) is 5.92 Å². The van der Waals surface area contributed by atoms with Crippen LogP contribution in [0.15, 0.2) is 59.5 Å². The van der Waals surface area contributed by atoms with Crippen molar-refractivity contribution in [2.45, 2.75) is 24.7 Å². The molecule has 1 aliphatic heterocycles. The number of piperidine rings is 1. The van der Waals surface area contributed by atoms with Gasteiger partial charge in [0.1, 0.15) is 12.3 Å². The third-order valence-electron chi connectivity index (χ3n) is 5.43. The van der Waals surface area contributed by atoms with Crippen LogP contribution in [0.3, 0.4) is 0 Å². The molecular formula is C23H28N2O6S. The number of sulfonamides is 1. The maximum Gasteiger partial charge on any atom is 0.308 e. The summed E-state index contributed by atoms with van der Waals surface area (Å²) in [5.41, 5.74) is 0.370. The molecule has 1 heterocycles. The van der Waals surface area contributed by atoms with Gasteiger partial charge in [0.15, 0.2) is 0 Å². The first kappa shape index (κ1) is 23.6. The molecule has 0 unspecified atom stereocenters. The van der Waals surface area contributed by atoms with Crippen LogP contribution in [0.25, 0.3) is 0 Å². The number of nitrogens with zero attached hydrogens (tertiary/aromatic N) is 2. The number of benzene rings is 2. The third kappa shape index (κ3) is 5.40. The van der Waals surface area contributed by atoms with Crippen molar-refractivity contribution in [3.8, 4) is 5.75 Å². The normalized spacial score (nSPS) is 14.6. The monoisotopic (exact) mass is 460 g/mol. The molecule has 3 rings (SSSR count). The van der Waals surface area contributed by atoms with E-state index in [1.54, 1.807) is 47.4 Å². The molecule has 0 saturated carbocycles. The highest BCUT2D eigenvalue weighted by molar-refractivity contribution is 7.92. The Morgan fingerprint density at radius 1 is 1.03 bits per heavy atom. The van der Waals surface area contributed by atoms with Gasteiger partial charge >= 0.3 is 5.97 Å². The molecule has 0 spiro atoms. The van der Waals surface area contributed by atoms with Gasteiger partial charge in [0, 0.05) is 13.1 Å². The van der Waals surface area contributed by atoms with Crippen LogP contribution in [0.5, 0.6) is 5.75 Å². The van der Waals surface area contributed by atoms with Crippen molar-refractivity contribution in [1.82, 2.24) is 4.90 Å². The second-order valence-electron chi connectivity index (χ2n) is 7.43. The minimum absolute atomic E-state index is 0.103.